The number of nitrogens with zero attached hydrogens (tertiary/aromatic N) is 4. The molecule has 0 saturated heterocycles. The Morgan fingerprint density at radius 2 is 2.32 bits per heavy atom. The van der Waals surface area contributed by atoms with Crippen molar-refractivity contribution in [3.8, 4) is 11.8 Å². The van der Waals surface area contributed by atoms with Crippen molar-refractivity contribution < 1.29 is 0 Å². The molecule has 0 aliphatic carbocycles. The Morgan fingerprint density at radius 1 is 1.37 bits per heavy atom. The van der Waals surface area contributed by atoms with Gasteiger partial charge in [-0.25, -0.2) is 0 Å². The Balaban J connectivity index is 1.65. The summed E-state index contributed by atoms with van der Waals surface area (Å²) in [5, 5.41) is 8.07. The molecule has 1 aliphatic heterocycles. The number of rotatable bonds is 2. The standard InChI is InChI=1S/C13H15N5S/c14-5-1-2-11-3-4-12(19-11)8-17-6-7-18-10-15-16-13(18)9-17/h3-4,10H,5-9,14H2. The van der Waals surface area contributed by atoms with Crippen molar-refractivity contribution >= 4 is 11.3 Å². The maximum absolute atomic E-state index is 5.38. The molecule has 5 nitrogen and oxygen atoms in total. The number of hydrogen-bond acceptors (Lipinski definition) is 5. The van der Waals surface area contributed by atoms with Crippen LogP contribution in [0.1, 0.15) is 15.6 Å². The van der Waals surface area contributed by atoms with Crippen LogP contribution in [0.25, 0.3) is 0 Å². The van der Waals surface area contributed by atoms with E-state index in [1.54, 1.807) is 17.7 Å². The van der Waals surface area contributed by atoms with Gasteiger partial charge in [0.25, 0.3) is 0 Å². The van der Waals surface area contributed by atoms with Crippen LogP contribution in [-0.2, 0) is 19.6 Å². The van der Waals surface area contributed by atoms with E-state index in [1.165, 1.54) is 4.88 Å². The molecule has 6 heteroatoms. The van der Waals surface area contributed by atoms with E-state index in [1.807, 2.05) is 0 Å². The van der Waals surface area contributed by atoms with Crippen molar-refractivity contribution in [3.63, 3.8) is 0 Å². The molecule has 98 valence electrons. The predicted octanol–water partition coefficient (Wildman–Crippen LogP) is 0.666. The normalized spacial score (nSPS) is 14.8. The molecule has 0 saturated carbocycles. The van der Waals surface area contributed by atoms with Gasteiger partial charge in [-0.3, -0.25) is 4.90 Å². The molecule has 0 radical (unpaired) electrons. The number of fused-ring (bicyclic) bond motifs is 1. The van der Waals surface area contributed by atoms with Gasteiger partial charge in [0, 0.05) is 24.5 Å². The minimum absolute atomic E-state index is 0.412. The minimum Gasteiger partial charge on any atom is -0.320 e. The average molecular weight is 273 g/mol. The number of aromatic nitrogens is 3. The van der Waals surface area contributed by atoms with Gasteiger partial charge in [0.15, 0.2) is 0 Å². The van der Waals surface area contributed by atoms with Crippen LogP contribution >= 0.6 is 11.3 Å². The maximum Gasteiger partial charge on any atom is 0.147 e. The fraction of sp³-hybridized carbons (Fsp3) is 0.385. The zero-order valence-corrected chi connectivity index (χ0v) is 11.4. The van der Waals surface area contributed by atoms with Crippen molar-refractivity contribution in [2.24, 2.45) is 5.73 Å². The lowest BCUT2D eigenvalue weighted by Crippen LogP contribution is -2.32. The van der Waals surface area contributed by atoms with Crippen molar-refractivity contribution in [1.29, 1.82) is 0 Å². The van der Waals surface area contributed by atoms with Crippen LogP contribution in [0.15, 0.2) is 18.5 Å². The van der Waals surface area contributed by atoms with E-state index in [-0.39, 0.29) is 0 Å². The van der Waals surface area contributed by atoms with E-state index in [0.29, 0.717) is 6.54 Å². The molecule has 1 aliphatic rings. The minimum atomic E-state index is 0.412. The predicted molar refractivity (Wildman–Crippen MR) is 74.4 cm³/mol. The Bertz CT molecular complexity index is 618. The van der Waals surface area contributed by atoms with E-state index in [2.05, 4.69) is 43.6 Å². The van der Waals surface area contributed by atoms with Crippen molar-refractivity contribution in [2.45, 2.75) is 19.6 Å². The van der Waals surface area contributed by atoms with E-state index >= 15 is 0 Å². The fourth-order valence-electron chi connectivity index (χ4n) is 2.14. The molecule has 0 fully saturated rings. The van der Waals surface area contributed by atoms with Gasteiger partial charge in [-0.1, -0.05) is 11.8 Å². The van der Waals surface area contributed by atoms with Crippen LogP contribution in [0, 0.1) is 11.8 Å². The first kappa shape index (κ1) is 12.4. The molecule has 2 aromatic heterocycles. The molecule has 0 aromatic carbocycles. The highest BCUT2D eigenvalue weighted by molar-refractivity contribution is 7.12. The van der Waals surface area contributed by atoms with Gasteiger partial charge in [0.05, 0.1) is 18.0 Å². The van der Waals surface area contributed by atoms with Gasteiger partial charge in [-0.05, 0) is 12.1 Å². The molecular weight excluding hydrogens is 258 g/mol. The second-order valence-corrected chi connectivity index (χ2v) is 5.59. The molecule has 3 rings (SSSR count). The average Bonchev–Trinajstić information content (AvgIpc) is 3.05. The Labute approximate surface area is 116 Å². The first-order valence-corrected chi connectivity index (χ1v) is 7.03. The van der Waals surface area contributed by atoms with E-state index in [9.17, 15) is 0 Å². The quantitative estimate of drug-likeness (QED) is 0.817. The van der Waals surface area contributed by atoms with Gasteiger partial charge >= 0.3 is 0 Å². The highest BCUT2D eigenvalue weighted by Gasteiger charge is 2.17. The monoisotopic (exact) mass is 273 g/mol. The lowest BCUT2D eigenvalue weighted by atomic mass is 10.3. The highest BCUT2D eigenvalue weighted by Crippen LogP contribution is 2.19. The summed E-state index contributed by atoms with van der Waals surface area (Å²) < 4.78 is 2.11. The summed E-state index contributed by atoms with van der Waals surface area (Å²) >= 11 is 1.74. The molecule has 19 heavy (non-hydrogen) atoms. The molecule has 0 bridgehead atoms. The SMILES string of the molecule is NCC#Cc1ccc(CN2CCn3cnnc3C2)s1. The largest absolute Gasteiger partial charge is 0.320 e. The zero-order valence-electron chi connectivity index (χ0n) is 10.5. The molecule has 0 unspecified atom stereocenters. The fourth-order valence-corrected chi connectivity index (χ4v) is 3.06. The number of thiophene rings is 1. The van der Waals surface area contributed by atoms with E-state index < -0.39 is 0 Å². The Kier molecular flexibility index (Phi) is 3.60. The molecule has 0 atom stereocenters. The first-order chi connectivity index (χ1) is 9.35. The summed E-state index contributed by atoms with van der Waals surface area (Å²) in [5.41, 5.74) is 5.38. The summed E-state index contributed by atoms with van der Waals surface area (Å²) in [5.74, 6) is 7.00. The van der Waals surface area contributed by atoms with Gasteiger partial charge in [0.2, 0.25) is 0 Å². The summed E-state index contributed by atoms with van der Waals surface area (Å²) in [6.07, 6.45) is 1.80. The summed E-state index contributed by atoms with van der Waals surface area (Å²) in [6.45, 7) is 4.22. The molecule has 3 heterocycles. The third-order valence-electron chi connectivity index (χ3n) is 3.07. The van der Waals surface area contributed by atoms with Crippen molar-refractivity contribution in [2.75, 3.05) is 13.1 Å². The van der Waals surface area contributed by atoms with Gasteiger partial charge in [-0.2, -0.15) is 0 Å². The molecule has 0 amide bonds. The molecule has 2 N–H and O–H groups in total. The van der Waals surface area contributed by atoms with Crippen LogP contribution < -0.4 is 5.73 Å². The first-order valence-electron chi connectivity index (χ1n) is 6.22. The van der Waals surface area contributed by atoms with Crippen LogP contribution in [0.2, 0.25) is 0 Å². The van der Waals surface area contributed by atoms with E-state index in [0.717, 1.165) is 36.9 Å². The maximum atomic E-state index is 5.38. The summed E-state index contributed by atoms with van der Waals surface area (Å²) in [7, 11) is 0. The second-order valence-electron chi connectivity index (χ2n) is 4.42. The van der Waals surface area contributed by atoms with Gasteiger partial charge in [-0.15, -0.1) is 21.5 Å². The summed E-state index contributed by atoms with van der Waals surface area (Å²) in [4.78, 5) is 4.80. The smallest absolute Gasteiger partial charge is 0.147 e. The van der Waals surface area contributed by atoms with Crippen LogP contribution in [0.3, 0.4) is 0 Å². The topological polar surface area (TPSA) is 60.0 Å². The van der Waals surface area contributed by atoms with Crippen molar-refractivity contribution in [1.82, 2.24) is 19.7 Å². The molecular formula is C13H15N5S. The van der Waals surface area contributed by atoms with Crippen LogP contribution in [-0.4, -0.2) is 32.8 Å². The van der Waals surface area contributed by atoms with E-state index in [4.69, 9.17) is 5.73 Å². The lowest BCUT2D eigenvalue weighted by molar-refractivity contribution is 0.210. The third kappa shape index (κ3) is 2.84. The van der Waals surface area contributed by atoms with Crippen molar-refractivity contribution in [3.05, 3.63) is 34.0 Å². The number of nitrogens with two attached hydrogens (primary N) is 1. The lowest BCUT2D eigenvalue weighted by Gasteiger charge is -2.26. The number of hydrogen-bond donors (Lipinski definition) is 1. The Hall–Kier alpha value is -1.68. The summed E-state index contributed by atoms with van der Waals surface area (Å²) in [6, 6.07) is 4.21. The Morgan fingerprint density at radius 3 is 3.21 bits per heavy atom. The zero-order chi connectivity index (χ0) is 13.1. The second kappa shape index (κ2) is 5.53. The molecule has 0 spiro atoms. The van der Waals surface area contributed by atoms with Gasteiger partial charge < -0.3 is 10.3 Å². The third-order valence-corrected chi connectivity index (χ3v) is 4.06. The van der Waals surface area contributed by atoms with Crippen LogP contribution in [0.5, 0.6) is 0 Å². The van der Waals surface area contributed by atoms with Crippen LogP contribution in [0.4, 0.5) is 0 Å². The molecule has 2 aromatic rings. The van der Waals surface area contributed by atoms with Gasteiger partial charge in [0.1, 0.15) is 12.2 Å². The highest BCUT2D eigenvalue weighted by atomic mass is 32.1.